The summed E-state index contributed by atoms with van der Waals surface area (Å²) < 4.78 is 0. The third kappa shape index (κ3) is 3.92. The molecule has 0 saturated carbocycles. The molecule has 0 aliphatic carbocycles. The molecule has 0 spiro atoms. The Labute approximate surface area is 113 Å². The van der Waals surface area contributed by atoms with E-state index in [1.807, 2.05) is 0 Å². The minimum atomic E-state index is -0.914. The van der Waals surface area contributed by atoms with Crippen molar-refractivity contribution >= 4 is 11.8 Å². The average Bonchev–Trinajstić information content (AvgIpc) is 2.42. The molecule has 0 atom stereocenters. The van der Waals surface area contributed by atoms with Gasteiger partial charge in [0.15, 0.2) is 0 Å². The van der Waals surface area contributed by atoms with E-state index < -0.39 is 5.97 Å². The number of piperidine rings is 1. The van der Waals surface area contributed by atoms with Gasteiger partial charge >= 0.3 is 5.97 Å². The molecule has 1 aromatic rings. The molecule has 5 nitrogen and oxygen atoms in total. The molecule has 1 saturated heterocycles. The van der Waals surface area contributed by atoms with Gasteiger partial charge in [0.1, 0.15) is 5.82 Å². The Morgan fingerprint density at radius 3 is 2.89 bits per heavy atom. The second-order valence-corrected chi connectivity index (χ2v) is 5.00. The number of carboxylic acids is 1. The first-order chi connectivity index (χ1) is 9.19. The predicted molar refractivity (Wildman–Crippen MR) is 74.6 cm³/mol. The number of aromatic nitrogens is 1. The molecular weight excluding hydrogens is 242 g/mol. The Hall–Kier alpha value is -1.62. The number of rotatable bonds is 5. The van der Waals surface area contributed by atoms with E-state index in [-0.39, 0.29) is 5.56 Å². The zero-order valence-electron chi connectivity index (χ0n) is 11.3. The van der Waals surface area contributed by atoms with Crippen LogP contribution in [0.3, 0.4) is 0 Å². The van der Waals surface area contributed by atoms with Crippen molar-refractivity contribution in [1.82, 2.24) is 9.88 Å². The van der Waals surface area contributed by atoms with Crippen LogP contribution in [-0.4, -0.2) is 46.6 Å². The van der Waals surface area contributed by atoms with Crippen LogP contribution in [0.15, 0.2) is 18.3 Å². The average molecular weight is 263 g/mol. The third-order valence-corrected chi connectivity index (χ3v) is 3.49. The summed E-state index contributed by atoms with van der Waals surface area (Å²) >= 11 is 0. The second kappa shape index (κ2) is 6.52. The molecule has 19 heavy (non-hydrogen) atoms. The summed E-state index contributed by atoms with van der Waals surface area (Å²) in [6.45, 7) is 5.57. The zero-order chi connectivity index (χ0) is 13.7. The highest BCUT2D eigenvalue weighted by Gasteiger charge is 2.18. The maximum absolute atomic E-state index is 10.9. The number of pyridine rings is 1. The third-order valence-electron chi connectivity index (χ3n) is 3.49. The first kappa shape index (κ1) is 13.8. The summed E-state index contributed by atoms with van der Waals surface area (Å²) in [6, 6.07) is 3.50. The molecule has 0 radical (unpaired) electrons. The fourth-order valence-corrected chi connectivity index (χ4v) is 2.47. The van der Waals surface area contributed by atoms with E-state index in [2.05, 4.69) is 22.1 Å². The smallest absolute Gasteiger partial charge is 0.335 e. The summed E-state index contributed by atoms with van der Waals surface area (Å²) in [5.74, 6) is -0.253. The van der Waals surface area contributed by atoms with E-state index in [0.29, 0.717) is 11.9 Å². The maximum atomic E-state index is 10.9. The first-order valence-electron chi connectivity index (χ1n) is 6.87. The molecule has 1 aliphatic heterocycles. The molecule has 0 bridgehead atoms. The largest absolute Gasteiger partial charge is 0.478 e. The number of likely N-dealkylation sites (tertiary alicyclic amines) is 1. The van der Waals surface area contributed by atoms with E-state index in [1.165, 1.54) is 25.2 Å². The van der Waals surface area contributed by atoms with Gasteiger partial charge < -0.3 is 15.3 Å². The number of aromatic carboxylic acids is 1. The minimum Gasteiger partial charge on any atom is -0.478 e. The van der Waals surface area contributed by atoms with Gasteiger partial charge in [-0.05, 0) is 37.9 Å². The molecule has 0 aromatic carbocycles. The van der Waals surface area contributed by atoms with E-state index >= 15 is 0 Å². The maximum Gasteiger partial charge on any atom is 0.335 e. The Balaban J connectivity index is 1.88. The summed E-state index contributed by atoms with van der Waals surface area (Å²) in [7, 11) is 0. The highest BCUT2D eigenvalue weighted by molar-refractivity contribution is 5.88. The fraction of sp³-hybridized carbons (Fsp3) is 0.571. The first-order valence-corrected chi connectivity index (χ1v) is 6.87. The van der Waals surface area contributed by atoms with Crippen molar-refractivity contribution in [3.63, 3.8) is 0 Å². The number of carbonyl (C=O) groups is 1. The van der Waals surface area contributed by atoms with Gasteiger partial charge in [-0.2, -0.15) is 0 Å². The molecule has 2 heterocycles. The Kier molecular flexibility index (Phi) is 4.74. The van der Waals surface area contributed by atoms with Crippen molar-refractivity contribution in [3.8, 4) is 0 Å². The van der Waals surface area contributed by atoms with E-state index in [4.69, 9.17) is 5.11 Å². The molecule has 1 aliphatic rings. The summed E-state index contributed by atoms with van der Waals surface area (Å²) in [5, 5.41) is 12.3. The van der Waals surface area contributed by atoms with Crippen LogP contribution in [0, 0.1) is 0 Å². The van der Waals surface area contributed by atoms with Crippen LogP contribution in [0.4, 0.5) is 5.82 Å². The quantitative estimate of drug-likeness (QED) is 0.851. The van der Waals surface area contributed by atoms with Gasteiger partial charge in [-0.25, -0.2) is 9.78 Å². The van der Waals surface area contributed by atoms with Crippen molar-refractivity contribution in [1.29, 1.82) is 0 Å². The molecule has 2 rings (SSSR count). The van der Waals surface area contributed by atoms with Crippen LogP contribution < -0.4 is 5.32 Å². The minimum absolute atomic E-state index is 0.279. The van der Waals surface area contributed by atoms with Gasteiger partial charge in [0.2, 0.25) is 0 Å². The molecule has 2 N–H and O–H groups in total. The zero-order valence-corrected chi connectivity index (χ0v) is 11.3. The lowest BCUT2D eigenvalue weighted by molar-refractivity contribution is 0.0697. The Bertz CT molecular complexity index is 428. The van der Waals surface area contributed by atoms with Crippen molar-refractivity contribution in [2.45, 2.75) is 32.2 Å². The summed E-state index contributed by atoms with van der Waals surface area (Å²) in [4.78, 5) is 17.6. The van der Waals surface area contributed by atoms with Crippen LogP contribution in [0.1, 0.15) is 36.5 Å². The molecule has 1 aromatic heterocycles. The lowest BCUT2D eigenvalue weighted by Crippen LogP contribution is -2.39. The SMILES string of the molecule is CCCN1CCC(Nc2cc(C(=O)O)ccn2)CC1. The number of carboxylic acid groups (broad SMARTS) is 1. The van der Waals surface area contributed by atoms with E-state index in [0.717, 1.165) is 25.9 Å². The Morgan fingerprint density at radius 1 is 1.53 bits per heavy atom. The standard InChI is InChI=1S/C14H21N3O2/c1-2-7-17-8-4-12(5-9-17)16-13-10-11(14(18)19)3-6-15-13/h3,6,10,12H,2,4-5,7-9H2,1H3,(H,15,16)(H,18,19). The molecule has 0 unspecified atom stereocenters. The van der Waals surface area contributed by atoms with Crippen LogP contribution in [0.5, 0.6) is 0 Å². The molecule has 0 amide bonds. The van der Waals surface area contributed by atoms with Gasteiger partial charge in [0.05, 0.1) is 5.56 Å². The second-order valence-electron chi connectivity index (χ2n) is 5.00. The molecule has 1 fully saturated rings. The van der Waals surface area contributed by atoms with Crippen LogP contribution >= 0.6 is 0 Å². The van der Waals surface area contributed by atoms with Gasteiger partial charge in [-0.3, -0.25) is 0 Å². The lowest BCUT2D eigenvalue weighted by Gasteiger charge is -2.32. The number of nitrogens with one attached hydrogen (secondary N) is 1. The molecular formula is C14H21N3O2. The van der Waals surface area contributed by atoms with E-state index in [9.17, 15) is 4.79 Å². The Morgan fingerprint density at radius 2 is 2.26 bits per heavy atom. The van der Waals surface area contributed by atoms with Crippen molar-refractivity contribution in [2.24, 2.45) is 0 Å². The monoisotopic (exact) mass is 263 g/mol. The van der Waals surface area contributed by atoms with Crippen molar-refractivity contribution in [2.75, 3.05) is 25.0 Å². The van der Waals surface area contributed by atoms with Gasteiger partial charge in [0.25, 0.3) is 0 Å². The summed E-state index contributed by atoms with van der Waals surface area (Å²) in [6.07, 6.45) is 4.90. The number of hydrogen-bond acceptors (Lipinski definition) is 4. The molecule has 104 valence electrons. The highest BCUT2D eigenvalue weighted by atomic mass is 16.4. The van der Waals surface area contributed by atoms with Crippen molar-refractivity contribution < 1.29 is 9.90 Å². The van der Waals surface area contributed by atoms with E-state index in [1.54, 1.807) is 6.07 Å². The van der Waals surface area contributed by atoms with Crippen LogP contribution in [0.2, 0.25) is 0 Å². The van der Waals surface area contributed by atoms with Crippen LogP contribution in [-0.2, 0) is 0 Å². The van der Waals surface area contributed by atoms with Crippen LogP contribution in [0.25, 0.3) is 0 Å². The van der Waals surface area contributed by atoms with Crippen molar-refractivity contribution in [3.05, 3.63) is 23.9 Å². The summed E-state index contributed by atoms with van der Waals surface area (Å²) in [5.41, 5.74) is 0.279. The van der Waals surface area contributed by atoms with Gasteiger partial charge in [-0.15, -0.1) is 0 Å². The topological polar surface area (TPSA) is 65.5 Å². The normalized spacial score (nSPS) is 17.3. The molecule has 5 heteroatoms. The predicted octanol–water partition coefficient (Wildman–Crippen LogP) is 2.07. The van der Waals surface area contributed by atoms with Gasteiger partial charge in [-0.1, -0.05) is 6.92 Å². The number of anilines is 1. The van der Waals surface area contributed by atoms with Gasteiger partial charge in [0, 0.05) is 25.3 Å². The fourth-order valence-electron chi connectivity index (χ4n) is 2.47. The number of nitrogens with zero attached hydrogens (tertiary/aromatic N) is 2. The highest BCUT2D eigenvalue weighted by Crippen LogP contribution is 2.16. The number of hydrogen-bond donors (Lipinski definition) is 2. The lowest BCUT2D eigenvalue weighted by atomic mass is 10.0.